The number of fused-ring (bicyclic) bond motifs is 1. The molecular formula is C12H15N3OS. The molecule has 1 aliphatic rings. The summed E-state index contributed by atoms with van der Waals surface area (Å²) < 4.78 is 0. The zero-order valence-electron chi connectivity index (χ0n) is 9.47. The predicted molar refractivity (Wildman–Crippen MR) is 69.3 cm³/mol. The van der Waals surface area contributed by atoms with Gasteiger partial charge in [0.1, 0.15) is 17.0 Å². The zero-order chi connectivity index (χ0) is 11.7. The third kappa shape index (κ3) is 2.12. The summed E-state index contributed by atoms with van der Waals surface area (Å²) in [5.74, 6) is 0.849. The zero-order valence-corrected chi connectivity index (χ0v) is 10.3. The number of hydrogen-bond acceptors (Lipinski definition) is 5. The van der Waals surface area contributed by atoms with Crippen LogP contribution in [0.5, 0.6) is 0 Å². The van der Waals surface area contributed by atoms with E-state index in [9.17, 15) is 5.11 Å². The molecule has 0 amide bonds. The molecule has 2 N–H and O–H groups in total. The highest BCUT2D eigenvalue weighted by molar-refractivity contribution is 7.16. The number of aliphatic hydroxyl groups excluding tert-OH is 1. The van der Waals surface area contributed by atoms with E-state index in [0.29, 0.717) is 0 Å². The van der Waals surface area contributed by atoms with E-state index in [1.807, 2.05) is 11.4 Å². The molecule has 2 heterocycles. The van der Waals surface area contributed by atoms with Crippen LogP contribution in [0.4, 0.5) is 5.82 Å². The van der Waals surface area contributed by atoms with Gasteiger partial charge in [0, 0.05) is 0 Å². The Kier molecular flexibility index (Phi) is 2.94. The maximum absolute atomic E-state index is 9.95. The SMILES string of the molecule is OC1CCCCC1Nc1ncnc2sccc12. The fraction of sp³-hybridized carbons (Fsp3) is 0.500. The Morgan fingerprint density at radius 1 is 1.29 bits per heavy atom. The van der Waals surface area contributed by atoms with Crippen molar-refractivity contribution in [3.05, 3.63) is 17.8 Å². The molecule has 17 heavy (non-hydrogen) atoms. The van der Waals surface area contributed by atoms with Gasteiger partial charge in [0.2, 0.25) is 0 Å². The molecule has 3 rings (SSSR count). The predicted octanol–water partition coefficient (Wildman–Crippen LogP) is 2.41. The second-order valence-corrected chi connectivity index (χ2v) is 5.36. The Morgan fingerprint density at radius 3 is 3.06 bits per heavy atom. The third-order valence-electron chi connectivity index (χ3n) is 3.31. The first-order valence-electron chi connectivity index (χ1n) is 5.97. The van der Waals surface area contributed by atoms with Crippen LogP contribution in [0.1, 0.15) is 25.7 Å². The molecule has 4 nitrogen and oxygen atoms in total. The maximum atomic E-state index is 9.95. The highest BCUT2D eigenvalue weighted by Gasteiger charge is 2.23. The molecule has 0 bridgehead atoms. The molecule has 90 valence electrons. The third-order valence-corrected chi connectivity index (χ3v) is 4.13. The van der Waals surface area contributed by atoms with Crippen molar-refractivity contribution in [2.24, 2.45) is 0 Å². The van der Waals surface area contributed by atoms with E-state index in [1.165, 1.54) is 6.42 Å². The van der Waals surface area contributed by atoms with Crippen molar-refractivity contribution in [1.82, 2.24) is 9.97 Å². The number of thiophene rings is 1. The van der Waals surface area contributed by atoms with E-state index in [1.54, 1.807) is 17.7 Å². The molecule has 1 fully saturated rings. The Balaban J connectivity index is 1.86. The molecule has 0 aliphatic heterocycles. The molecular weight excluding hydrogens is 234 g/mol. The van der Waals surface area contributed by atoms with E-state index in [4.69, 9.17) is 0 Å². The van der Waals surface area contributed by atoms with Gasteiger partial charge >= 0.3 is 0 Å². The van der Waals surface area contributed by atoms with Crippen molar-refractivity contribution in [2.45, 2.75) is 37.8 Å². The van der Waals surface area contributed by atoms with Crippen molar-refractivity contribution >= 4 is 27.4 Å². The van der Waals surface area contributed by atoms with Crippen molar-refractivity contribution in [2.75, 3.05) is 5.32 Å². The van der Waals surface area contributed by atoms with Gasteiger partial charge in [0.05, 0.1) is 17.5 Å². The molecule has 2 aromatic heterocycles. The summed E-state index contributed by atoms with van der Waals surface area (Å²) in [6.45, 7) is 0. The molecule has 0 spiro atoms. The monoisotopic (exact) mass is 249 g/mol. The van der Waals surface area contributed by atoms with Crippen LogP contribution in [0.2, 0.25) is 0 Å². The lowest BCUT2D eigenvalue weighted by molar-refractivity contribution is 0.116. The van der Waals surface area contributed by atoms with Crippen molar-refractivity contribution < 1.29 is 5.11 Å². The minimum absolute atomic E-state index is 0.127. The lowest BCUT2D eigenvalue weighted by atomic mass is 9.92. The second kappa shape index (κ2) is 4.58. The van der Waals surface area contributed by atoms with Crippen LogP contribution >= 0.6 is 11.3 Å². The number of aliphatic hydroxyl groups is 1. The van der Waals surface area contributed by atoms with Crippen molar-refractivity contribution in [3.8, 4) is 0 Å². The lowest BCUT2D eigenvalue weighted by Crippen LogP contribution is -2.36. The minimum Gasteiger partial charge on any atom is -0.391 e. The normalized spacial score (nSPS) is 25.0. The summed E-state index contributed by atoms with van der Waals surface area (Å²) >= 11 is 1.61. The summed E-state index contributed by atoms with van der Waals surface area (Å²) in [6.07, 6.45) is 5.51. The maximum Gasteiger partial charge on any atom is 0.138 e. The highest BCUT2D eigenvalue weighted by atomic mass is 32.1. The molecule has 5 heteroatoms. The first-order chi connectivity index (χ1) is 8.34. The van der Waals surface area contributed by atoms with Gasteiger partial charge in [0.25, 0.3) is 0 Å². The fourth-order valence-corrected chi connectivity index (χ4v) is 3.09. The molecule has 0 radical (unpaired) electrons. The number of nitrogens with zero attached hydrogens (tertiary/aromatic N) is 2. The summed E-state index contributed by atoms with van der Waals surface area (Å²) in [7, 11) is 0. The lowest BCUT2D eigenvalue weighted by Gasteiger charge is -2.28. The molecule has 2 aromatic rings. The van der Waals surface area contributed by atoms with E-state index >= 15 is 0 Å². The van der Waals surface area contributed by atoms with Crippen LogP contribution < -0.4 is 5.32 Å². The van der Waals surface area contributed by atoms with Gasteiger partial charge in [-0.3, -0.25) is 0 Å². The minimum atomic E-state index is -0.257. The van der Waals surface area contributed by atoms with Gasteiger partial charge in [-0.1, -0.05) is 12.8 Å². The fourth-order valence-electron chi connectivity index (χ4n) is 2.36. The van der Waals surface area contributed by atoms with Gasteiger partial charge in [0.15, 0.2) is 0 Å². The molecule has 1 aliphatic carbocycles. The smallest absolute Gasteiger partial charge is 0.138 e. The number of aromatic nitrogens is 2. The largest absolute Gasteiger partial charge is 0.391 e. The van der Waals surface area contributed by atoms with E-state index < -0.39 is 0 Å². The Labute approximate surface area is 104 Å². The average molecular weight is 249 g/mol. The van der Waals surface area contributed by atoms with Gasteiger partial charge < -0.3 is 10.4 Å². The first kappa shape index (κ1) is 10.9. The second-order valence-electron chi connectivity index (χ2n) is 4.46. The Bertz CT molecular complexity index is 513. The average Bonchev–Trinajstić information content (AvgIpc) is 2.81. The summed E-state index contributed by atoms with van der Waals surface area (Å²) in [6, 6.07) is 2.15. The molecule has 0 saturated heterocycles. The van der Waals surface area contributed by atoms with Gasteiger partial charge in [-0.15, -0.1) is 11.3 Å². The number of rotatable bonds is 2. The van der Waals surface area contributed by atoms with Crippen LogP contribution in [-0.4, -0.2) is 27.2 Å². The number of anilines is 1. The van der Waals surface area contributed by atoms with Crippen LogP contribution in [-0.2, 0) is 0 Å². The van der Waals surface area contributed by atoms with Gasteiger partial charge in [-0.25, -0.2) is 9.97 Å². The standard InChI is InChI=1S/C12H15N3OS/c16-10-4-2-1-3-9(10)15-11-8-5-6-17-12(8)14-7-13-11/h5-7,9-10,16H,1-4H2,(H,13,14,15). The number of nitrogens with one attached hydrogen (secondary N) is 1. The first-order valence-corrected chi connectivity index (χ1v) is 6.85. The van der Waals surface area contributed by atoms with Crippen molar-refractivity contribution in [1.29, 1.82) is 0 Å². The van der Waals surface area contributed by atoms with E-state index in [-0.39, 0.29) is 12.1 Å². The van der Waals surface area contributed by atoms with Crippen LogP contribution in [0.25, 0.3) is 10.2 Å². The topological polar surface area (TPSA) is 58.0 Å². The van der Waals surface area contributed by atoms with E-state index in [2.05, 4.69) is 15.3 Å². The van der Waals surface area contributed by atoms with E-state index in [0.717, 1.165) is 35.3 Å². The number of hydrogen-bond donors (Lipinski definition) is 2. The molecule has 0 aromatic carbocycles. The summed E-state index contributed by atoms with van der Waals surface area (Å²) in [5.41, 5.74) is 0. The van der Waals surface area contributed by atoms with Crippen LogP contribution in [0.3, 0.4) is 0 Å². The Hall–Kier alpha value is -1.20. The summed E-state index contributed by atoms with van der Waals surface area (Å²) in [5, 5.41) is 16.4. The van der Waals surface area contributed by atoms with Crippen LogP contribution in [0, 0.1) is 0 Å². The summed E-state index contributed by atoms with van der Waals surface area (Å²) in [4.78, 5) is 9.49. The molecule has 2 atom stereocenters. The van der Waals surface area contributed by atoms with Crippen LogP contribution in [0.15, 0.2) is 17.8 Å². The molecule has 2 unspecified atom stereocenters. The quantitative estimate of drug-likeness (QED) is 0.858. The van der Waals surface area contributed by atoms with Crippen molar-refractivity contribution in [3.63, 3.8) is 0 Å². The molecule has 1 saturated carbocycles. The van der Waals surface area contributed by atoms with Gasteiger partial charge in [-0.2, -0.15) is 0 Å². The highest BCUT2D eigenvalue weighted by Crippen LogP contribution is 2.27. The Morgan fingerprint density at radius 2 is 2.18 bits per heavy atom. The van der Waals surface area contributed by atoms with Gasteiger partial charge in [-0.05, 0) is 24.3 Å².